The summed E-state index contributed by atoms with van der Waals surface area (Å²) in [6, 6.07) is 13.9. The van der Waals surface area contributed by atoms with Crippen molar-refractivity contribution in [1.29, 1.82) is 0 Å². The molecule has 1 aliphatic heterocycles. The fraction of sp³-hybridized carbons (Fsp3) is 0.571. The summed E-state index contributed by atoms with van der Waals surface area (Å²) in [5.74, 6) is -0.217. The Morgan fingerprint density at radius 3 is 2.50 bits per heavy atom. The summed E-state index contributed by atoms with van der Waals surface area (Å²) in [6.07, 6.45) is 6.65. The third-order valence-electron chi connectivity index (χ3n) is 7.38. The van der Waals surface area contributed by atoms with E-state index in [0.717, 1.165) is 29.0 Å². The van der Waals surface area contributed by atoms with Crippen LogP contribution in [0.25, 0.3) is 0 Å². The van der Waals surface area contributed by atoms with Gasteiger partial charge in [0.05, 0.1) is 25.4 Å². The van der Waals surface area contributed by atoms with Crippen molar-refractivity contribution in [2.75, 3.05) is 20.3 Å². The number of ether oxygens (including phenoxy) is 3. The van der Waals surface area contributed by atoms with Crippen molar-refractivity contribution in [3.8, 4) is 5.75 Å². The van der Waals surface area contributed by atoms with Gasteiger partial charge in [0.2, 0.25) is 0 Å². The molecule has 0 aromatic heterocycles. The Morgan fingerprint density at radius 2 is 1.82 bits per heavy atom. The van der Waals surface area contributed by atoms with Crippen molar-refractivity contribution in [2.45, 2.75) is 76.3 Å². The van der Waals surface area contributed by atoms with Crippen LogP contribution in [0.15, 0.2) is 42.5 Å². The van der Waals surface area contributed by atoms with E-state index in [-0.39, 0.29) is 12.0 Å². The lowest BCUT2D eigenvalue weighted by Gasteiger charge is -2.42. The zero-order valence-electron chi connectivity index (χ0n) is 20.3. The van der Waals surface area contributed by atoms with Gasteiger partial charge in [-0.1, -0.05) is 56.0 Å². The molecule has 34 heavy (non-hydrogen) atoms. The normalized spacial score (nSPS) is 26.9. The van der Waals surface area contributed by atoms with E-state index >= 15 is 0 Å². The van der Waals surface area contributed by atoms with Gasteiger partial charge in [0, 0.05) is 36.0 Å². The van der Waals surface area contributed by atoms with Crippen LogP contribution in [0.5, 0.6) is 5.75 Å². The van der Waals surface area contributed by atoms with Gasteiger partial charge < -0.3 is 24.4 Å². The van der Waals surface area contributed by atoms with Crippen molar-refractivity contribution in [3.63, 3.8) is 0 Å². The minimum Gasteiger partial charge on any atom is -0.493 e. The molecule has 0 amide bonds. The Morgan fingerprint density at radius 1 is 1.09 bits per heavy atom. The summed E-state index contributed by atoms with van der Waals surface area (Å²) in [7, 11) is 1.56. The molecule has 0 radical (unpaired) electrons. The summed E-state index contributed by atoms with van der Waals surface area (Å²) in [4.78, 5) is 0. The molecular formula is C28H37ClO5. The van der Waals surface area contributed by atoms with Crippen molar-refractivity contribution < 1.29 is 24.4 Å². The molecule has 186 valence electrons. The minimum atomic E-state index is -1.11. The number of methoxy groups -OCH3 is 1. The molecule has 2 fully saturated rings. The minimum absolute atomic E-state index is 0.170. The molecule has 3 unspecified atom stereocenters. The molecule has 1 heterocycles. The van der Waals surface area contributed by atoms with Crippen molar-refractivity contribution >= 4 is 11.6 Å². The number of hydrogen-bond donors (Lipinski definition) is 2. The monoisotopic (exact) mass is 488 g/mol. The van der Waals surface area contributed by atoms with E-state index in [1.165, 1.54) is 32.1 Å². The SMILES string of the molecule is COC1(c2ccc(Cl)c(Cc3ccc(OCC4(C)CCCCC4)cc3)c2)CC(O)CC(CO)O1. The van der Waals surface area contributed by atoms with E-state index < -0.39 is 18.0 Å². The van der Waals surface area contributed by atoms with Crippen LogP contribution in [-0.4, -0.2) is 42.7 Å². The van der Waals surface area contributed by atoms with Crippen LogP contribution < -0.4 is 4.74 Å². The van der Waals surface area contributed by atoms with Crippen molar-refractivity contribution in [2.24, 2.45) is 5.41 Å². The van der Waals surface area contributed by atoms with Gasteiger partial charge in [0.1, 0.15) is 5.75 Å². The lowest BCUT2D eigenvalue weighted by atomic mass is 9.76. The molecule has 2 aliphatic rings. The molecule has 2 N–H and O–H groups in total. The van der Waals surface area contributed by atoms with Gasteiger partial charge >= 0.3 is 0 Å². The van der Waals surface area contributed by atoms with Crippen LogP contribution in [-0.2, 0) is 21.7 Å². The third kappa shape index (κ3) is 5.95. The predicted molar refractivity (Wildman–Crippen MR) is 133 cm³/mol. The maximum Gasteiger partial charge on any atom is 0.197 e. The molecule has 2 aromatic rings. The van der Waals surface area contributed by atoms with Crippen LogP contribution in [0.2, 0.25) is 5.02 Å². The first kappa shape index (κ1) is 25.5. The molecule has 1 aliphatic carbocycles. The molecule has 0 spiro atoms. The average molecular weight is 489 g/mol. The Hall–Kier alpha value is -1.63. The Bertz CT molecular complexity index is 940. The van der Waals surface area contributed by atoms with Crippen molar-refractivity contribution in [1.82, 2.24) is 0 Å². The summed E-state index contributed by atoms with van der Waals surface area (Å²) >= 11 is 6.54. The lowest BCUT2D eigenvalue weighted by molar-refractivity contribution is -0.298. The van der Waals surface area contributed by atoms with Gasteiger partial charge in [-0.05, 0) is 54.7 Å². The van der Waals surface area contributed by atoms with Gasteiger partial charge in [-0.2, -0.15) is 0 Å². The Balaban J connectivity index is 1.46. The first-order valence-electron chi connectivity index (χ1n) is 12.4. The van der Waals surface area contributed by atoms with Crippen LogP contribution in [0.3, 0.4) is 0 Å². The van der Waals surface area contributed by atoms with E-state index in [2.05, 4.69) is 19.1 Å². The van der Waals surface area contributed by atoms with E-state index in [1.54, 1.807) is 7.11 Å². The average Bonchev–Trinajstić information content (AvgIpc) is 2.85. The fourth-order valence-electron chi connectivity index (χ4n) is 5.29. The topological polar surface area (TPSA) is 68.2 Å². The first-order valence-corrected chi connectivity index (χ1v) is 12.8. The number of halogens is 1. The number of rotatable bonds is 8. The largest absolute Gasteiger partial charge is 0.493 e. The smallest absolute Gasteiger partial charge is 0.197 e. The highest BCUT2D eigenvalue weighted by Crippen LogP contribution is 2.40. The van der Waals surface area contributed by atoms with E-state index in [4.69, 9.17) is 25.8 Å². The number of aliphatic hydroxyl groups excluding tert-OH is 2. The highest BCUT2D eigenvalue weighted by molar-refractivity contribution is 6.31. The van der Waals surface area contributed by atoms with Crippen molar-refractivity contribution in [3.05, 3.63) is 64.2 Å². The van der Waals surface area contributed by atoms with Gasteiger partial charge in [-0.3, -0.25) is 0 Å². The Labute approximate surface area is 208 Å². The van der Waals surface area contributed by atoms with E-state index in [9.17, 15) is 10.2 Å². The molecule has 4 rings (SSSR count). The highest BCUT2D eigenvalue weighted by atomic mass is 35.5. The molecule has 2 aromatic carbocycles. The summed E-state index contributed by atoms with van der Waals surface area (Å²) in [5.41, 5.74) is 3.14. The first-order chi connectivity index (χ1) is 16.3. The Kier molecular flexibility index (Phi) is 8.21. The van der Waals surface area contributed by atoms with Gasteiger partial charge in [-0.15, -0.1) is 0 Å². The molecule has 6 heteroatoms. The maximum atomic E-state index is 10.4. The van der Waals surface area contributed by atoms with Gasteiger partial charge in [0.25, 0.3) is 0 Å². The highest BCUT2D eigenvalue weighted by Gasteiger charge is 2.43. The maximum absolute atomic E-state index is 10.4. The van der Waals surface area contributed by atoms with Gasteiger partial charge in [0.15, 0.2) is 5.79 Å². The molecule has 5 nitrogen and oxygen atoms in total. The van der Waals surface area contributed by atoms with Crippen LogP contribution in [0.4, 0.5) is 0 Å². The standard InChI is InChI=1S/C28H37ClO5/c1-27(12-4-3-5-13-27)19-33-24-9-6-20(7-10-24)14-21-15-22(8-11-26(21)29)28(32-2)17-23(31)16-25(18-30)34-28/h6-11,15,23,25,30-31H,3-5,12-14,16-19H2,1-2H3. The van der Waals surface area contributed by atoms with Crippen LogP contribution >= 0.6 is 11.6 Å². The molecule has 0 bridgehead atoms. The fourth-order valence-corrected chi connectivity index (χ4v) is 5.47. The second-order valence-electron chi connectivity index (χ2n) is 10.3. The summed E-state index contributed by atoms with van der Waals surface area (Å²) < 4.78 is 18.0. The third-order valence-corrected chi connectivity index (χ3v) is 7.75. The number of benzene rings is 2. The van der Waals surface area contributed by atoms with Crippen LogP contribution in [0, 0.1) is 5.41 Å². The quantitative estimate of drug-likeness (QED) is 0.505. The molecule has 1 saturated carbocycles. The lowest BCUT2D eigenvalue weighted by Crippen LogP contribution is -2.46. The number of hydrogen-bond acceptors (Lipinski definition) is 5. The summed E-state index contributed by atoms with van der Waals surface area (Å²) in [6.45, 7) is 2.93. The predicted octanol–water partition coefficient (Wildman–Crippen LogP) is 5.61. The molecule has 1 saturated heterocycles. The number of aliphatic hydroxyl groups is 2. The van der Waals surface area contributed by atoms with E-state index in [0.29, 0.717) is 24.3 Å². The molecule has 3 atom stereocenters. The molecular weight excluding hydrogens is 452 g/mol. The second-order valence-corrected chi connectivity index (χ2v) is 10.7. The summed E-state index contributed by atoms with van der Waals surface area (Å²) in [5, 5.41) is 20.6. The van der Waals surface area contributed by atoms with Crippen LogP contribution in [0.1, 0.15) is 68.6 Å². The van der Waals surface area contributed by atoms with Gasteiger partial charge in [-0.25, -0.2) is 0 Å². The zero-order valence-corrected chi connectivity index (χ0v) is 21.0. The van der Waals surface area contributed by atoms with E-state index in [1.807, 2.05) is 30.3 Å². The zero-order chi connectivity index (χ0) is 24.2. The second kappa shape index (κ2) is 11.0.